The minimum atomic E-state index is -0.711. The Morgan fingerprint density at radius 3 is 2.79 bits per heavy atom. The molecule has 28 heavy (non-hydrogen) atoms. The summed E-state index contributed by atoms with van der Waals surface area (Å²) in [6, 6.07) is 8.63. The largest absolute Gasteiger partial charge is 0.467 e. The summed E-state index contributed by atoms with van der Waals surface area (Å²) in [6.07, 6.45) is 2.47. The summed E-state index contributed by atoms with van der Waals surface area (Å²) >= 11 is 1.11. The molecule has 0 saturated carbocycles. The number of anilines is 1. The molecule has 0 spiro atoms. The first-order valence-corrected chi connectivity index (χ1v) is 9.28. The lowest BCUT2D eigenvalue weighted by molar-refractivity contribution is -0.144. The van der Waals surface area contributed by atoms with Crippen LogP contribution in [0.15, 0.2) is 41.3 Å². The van der Waals surface area contributed by atoms with Gasteiger partial charge >= 0.3 is 5.97 Å². The van der Waals surface area contributed by atoms with Crippen molar-refractivity contribution in [2.24, 2.45) is 0 Å². The second kappa shape index (κ2) is 7.31. The number of benzene rings is 1. The predicted molar refractivity (Wildman–Crippen MR) is 101 cm³/mol. The van der Waals surface area contributed by atoms with Crippen molar-refractivity contribution in [3.63, 3.8) is 0 Å². The minimum Gasteiger partial charge on any atom is -0.467 e. The summed E-state index contributed by atoms with van der Waals surface area (Å²) < 4.78 is 6.08. The number of carbonyl (C=O) groups excluding carboxylic acids is 2. The Kier molecular flexibility index (Phi) is 4.70. The van der Waals surface area contributed by atoms with Crippen LogP contribution in [-0.4, -0.2) is 38.7 Å². The molecule has 3 heterocycles. The molecule has 0 saturated heterocycles. The molecule has 1 atom stereocenters. The van der Waals surface area contributed by atoms with Gasteiger partial charge in [-0.3, -0.25) is 19.5 Å². The average molecular weight is 397 g/mol. The van der Waals surface area contributed by atoms with Crippen LogP contribution < -0.4 is 10.9 Å². The van der Waals surface area contributed by atoms with Crippen molar-refractivity contribution in [3.05, 3.63) is 57.6 Å². The van der Waals surface area contributed by atoms with E-state index >= 15 is 0 Å². The lowest BCUT2D eigenvalue weighted by Crippen LogP contribution is -2.32. The fourth-order valence-electron chi connectivity index (χ4n) is 3.06. The normalized spacial score (nSPS) is 15.1. The Morgan fingerprint density at radius 2 is 2.04 bits per heavy atom. The molecular formula is C18H15N5O4S. The number of fused-ring (bicyclic) bond motifs is 1. The van der Waals surface area contributed by atoms with Crippen LogP contribution in [0.1, 0.15) is 28.0 Å². The molecule has 1 aromatic carbocycles. The molecule has 10 heteroatoms. The molecule has 142 valence electrons. The van der Waals surface area contributed by atoms with Crippen molar-refractivity contribution >= 4 is 29.0 Å². The van der Waals surface area contributed by atoms with Gasteiger partial charge in [0.05, 0.1) is 7.11 Å². The van der Waals surface area contributed by atoms with Crippen LogP contribution >= 0.6 is 11.3 Å². The minimum absolute atomic E-state index is 0.107. The summed E-state index contributed by atoms with van der Waals surface area (Å²) in [5.74, 6) is -1.25. The van der Waals surface area contributed by atoms with Crippen LogP contribution in [0.3, 0.4) is 0 Å². The third kappa shape index (κ3) is 3.18. The zero-order valence-electron chi connectivity index (χ0n) is 14.8. The van der Waals surface area contributed by atoms with E-state index in [0.717, 1.165) is 16.9 Å². The zero-order valence-corrected chi connectivity index (χ0v) is 15.6. The lowest BCUT2D eigenvalue weighted by atomic mass is 10.2. The third-order valence-corrected chi connectivity index (χ3v) is 5.38. The number of nitrogens with one attached hydrogen (secondary N) is 1. The van der Waals surface area contributed by atoms with E-state index in [1.54, 1.807) is 0 Å². The number of ether oxygens (including phenoxy) is 1. The van der Waals surface area contributed by atoms with E-state index in [9.17, 15) is 14.4 Å². The van der Waals surface area contributed by atoms with Crippen molar-refractivity contribution in [2.45, 2.75) is 18.9 Å². The van der Waals surface area contributed by atoms with Gasteiger partial charge in [0.1, 0.15) is 11.0 Å². The van der Waals surface area contributed by atoms with Crippen molar-refractivity contribution in [2.75, 3.05) is 12.4 Å². The van der Waals surface area contributed by atoms with E-state index in [4.69, 9.17) is 4.74 Å². The van der Waals surface area contributed by atoms with Crippen molar-refractivity contribution in [1.29, 1.82) is 0 Å². The van der Waals surface area contributed by atoms with E-state index in [0.29, 0.717) is 23.5 Å². The Bertz CT molecular complexity index is 1110. The van der Waals surface area contributed by atoms with Gasteiger partial charge in [-0.05, 0) is 12.8 Å². The quantitative estimate of drug-likeness (QED) is 0.666. The van der Waals surface area contributed by atoms with E-state index in [-0.39, 0.29) is 10.8 Å². The maximum Gasteiger partial charge on any atom is 0.328 e. The molecule has 1 amide bonds. The molecule has 9 nitrogen and oxygen atoms in total. The van der Waals surface area contributed by atoms with Gasteiger partial charge in [0.25, 0.3) is 11.5 Å². The molecule has 0 aliphatic carbocycles. The summed E-state index contributed by atoms with van der Waals surface area (Å²) in [5, 5.41) is 11.1. The van der Waals surface area contributed by atoms with Crippen LogP contribution in [0.5, 0.6) is 0 Å². The fraction of sp³-hybridized carbons (Fsp3) is 0.222. The number of carbonyl (C=O) groups is 2. The molecule has 0 unspecified atom stereocenters. The van der Waals surface area contributed by atoms with Gasteiger partial charge in [-0.1, -0.05) is 41.7 Å². The first kappa shape index (κ1) is 18.0. The average Bonchev–Trinajstić information content (AvgIpc) is 3.38. The molecule has 0 fully saturated rings. The van der Waals surface area contributed by atoms with Gasteiger partial charge in [0, 0.05) is 17.5 Å². The maximum atomic E-state index is 12.7. The van der Waals surface area contributed by atoms with Crippen molar-refractivity contribution in [1.82, 2.24) is 19.7 Å². The van der Waals surface area contributed by atoms with Gasteiger partial charge in [-0.25, -0.2) is 9.78 Å². The number of esters is 1. The molecule has 3 aromatic rings. The van der Waals surface area contributed by atoms with E-state index in [1.807, 2.05) is 30.3 Å². The zero-order chi connectivity index (χ0) is 19.7. The maximum absolute atomic E-state index is 12.7. The molecule has 1 aliphatic heterocycles. The Morgan fingerprint density at radius 1 is 1.25 bits per heavy atom. The highest BCUT2D eigenvalue weighted by atomic mass is 32.1. The highest BCUT2D eigenvalue weighted by molar-refractivity contribution is 7.16. The smallest absolute Gasteiger partial charge is 0.328 e. The first-order chi connectivity index (χ1) is 13.6. The monoisotopic (exact) mass is 397 g/mol. The Balaban J connectivity index is 1.59. The van der Waals surface area contributed by atoms with Crippen LogP contribution in [0.25, 0.3) is 10.6 Å². The predicted octanol–water partition coefficient (Wildman–Crippen LogP) is 1.67. The van der Waals surface area contributed by atoms with Crippen LogP contribution in [0.2, 0.25) is 0 Å². The molecule has 4 rings (SSSR count). The standard InChI is InChI=1S/C18H15N5O4S/c1-27-18(26)12-8-7-11-9-19-13(17(25)23(11)12)20-14(24)16-22-21-15(28-16)10-5-3-2-4-6-10/h2-6,9,12H,7-8H2,1H3,(H,19,20,24)/t12-/m0/s1. The molecule has 1 aliphatic rings. The van der Waals surface area contributed by atoms with Crippen molar-refractivity contribution < 1.29 is 14.3 Å². The number of amides is 1. The van der Waals surface area contributed by atoms with E-state index in [1.165, 1.54) is 17.9 Å². The number of hydrogen-bond acceptors (Lipinski definition) is 8. The van der Waals surface area contributed by atoms with E-state index < -0.39 is 23.5 Å². The van der Waals surface area contributed by atoms with Gasteiger partial charge in [0.15, 0.2) is 5.82 Å². The van der Waals surface area contributed by atoms with Crippen LogP contribution in [0.4, 0.5) is 5.82 Å². The fourth-order valence-corrected chi connectivity index (χ4v) is 3.80. The molecule has 0 radical (unpaired) electrons. The highest BCUT2D eigenvalue weighted by Gasteiger charge is 2.31. The van der Waals surface area contributed by atoms with Gasteiger partial charge < -0.3 is 4.74 Å². The SMILES string of the molecule is COC(=O)[C@@H]1CCc2cnc(NC(=O)c3nnc(-c4ccccc4)s3)c(=O)n21. The lowest BCUT2D eigenvalue weighted by Gasteiger charge is -2.13. The van der Waals surface area contributed by atoms with E-state index in [2.05, 4.69) is 20.5 Å². The van der Waals surface area contributed by atoms with Gasteiger partial charge in [-0.2, -0.15) is 0 Å². The van der Waals surface area contributed by atoms with Crippen LogP contribution in [-0.2, 0) is 16.0 Å². The summed E-state index contributed by atoms with van der Waals surface area (Å²) in [5.41, 5.74) is 0.919. The third-order valence-electron chi connectivity index (χ3n) is 4.40. The number of rotatable bonds is 4. The Labute approximate surface area is 163 Å². The first-order valence-electron chi connectivity index (χ1n) is 8.47. The molecule has 1 N–H and O–H groups in total. The molecular weight excluding hydrogens is 382 g/mol. The van der Waals surface area contributed by atoms with Crippen molar-refractivity contribution in [3.8, 4) is 10.6 Å². The number of aryl methyl sites for hydroxylation is 1. The number of hydrogen-bond donors (Lipinski definition) is 1. The summed E-state index contributed by atoms with van der Waals surface area (Å²) in [6.45, 7) is 0. The molecule has 2 aromatic heterocycles. The number of methoxy groups -OCH3 is 1. The molecule has 0 bridgehead atoms. The second-order valence-electron chi connectivity index (χ2n) is 6.08. The number of aromatic nitrogens is 4. The highest BCUT2D eigenvalue weighted by Crippen LogP contribution is 2.25. The number of nitrogens with zero attached hydrogens (tertiary/aromatic N) is 4. The summed E-state index contributed by atoms with van der Waals surface area (Å²) in [4.78, 5) is 41.2. The van der Waals surface area contributed by atoms with Gasteiger partial charge in [-0.15, -0.1) is 10.2 Å². The van der Waals surface area contributed by atoms with Crippen LogP contribution in [0, 0.1) is 0 Å². The van der Waals surface area contributed by atoms with Gasteiger partial charge in [0.2, 0.25) is 5.01 Å². The topological polar surface area (TPSA) is 116 Å². The Hall–Kier alpha value is -3.40. The second-order valence-corrected chi connectivity index (χ2v) is 7.06. The summed E-state index contributed by atoms with van der Waals surface area (Å²) in [7, 11) is 1.27.